The molecule has 0 bridgehead atoms. The summed E-state index contributed by atoms with van der Waals surface area (Å²) in [5.41, 5.74) is 4.57. The van der Waals surface area contributed by atoms with Crippen LogP contribution in [0.2, 0.25) is 0 Å². The van der Waals surface area contributed by atoms with Crippen LogP contribution >= 0.6 is 0 Å². The summed E-state index contributed by atoms with van der Waals surface area (Å²) in [6.07, 6.45) is 4.96. The van der Waals surface area contributed by atoms with Crippen LogP contribution in [0.15, 0.2) is 55.0 Å². The van der Waals surface area contributed by atoms with Gasteiger partial charge in [-0.2, -0.15) is 0 Å². The van der Waals surface area contributed by atoms with Crippen LogP contribution in [-0.4, -0.2) is 25.1 Å². The van der Waals surface area contributed by atoms with Gasteiger partial charge in [0.1, 0.15) is 0 Å². The number of hydrogen-bond acceptors (Lipinski definition) is 5. The third-order valence-corrected chi connectivity index (χ3v) is 2.29. The average Bonchev–Trinajstić information content (AvgIpc) is 2.89. The SMILES string of the molecule is c1ccc(Nn2ncc(-c3ncccn3)n2)cc1. The molecule has 6 nitrogen and oxygen atoms in total. The highest BCUT2D eigenvalue weighted by Gasteiger charge is 2.05. The monoisotopic (exact) mass is 238 g/mol. The minimum absolute atomic E-state index is 0.554. The van der Waals surface area contributed by atoms with Crippen molar-refractivity contribution in [3.63, 3.8) is 0 Å². The van der Waals surface area contributed by atoms with Crippen LogP contribution in [0.3, 0.4) is 0 Å². The molecule has 1 aromatic carbocycles. The summed E-state index contributed by atoms with van der Waals surface area (Å²) in [6, 6.07) is 11.4. The van der Waals surface area contributed by atoms with Crippen molar-refractivity contribution in [1.82, 2.24) is 25.1 Å². The van der Waals surface area contributed by atoms with Gasteiger partial charge in [-0.1, -0.05) is 23.1 Å². The van der Waals surface area contributed by atoms with Crippen molar-refractivity contribution in [2.45, 2.75) is 0 Å². The summed E-state index contributed by atoms with van der Waals surface area (Å²) < 4.78 is 0. The lowest BCUT2D eigenvalue weighted by atomic mass is 10.3. The summed E-state index contributed by atoms with van der Waals surface area (Å²) >= 11 is 0. The molecule has 0 spiro atoms. The van der Waals surface area contributed by atoms with Crippen LogP contribution in [0, 0.1) is 0 Å². The highest BCUT2D eigenvalue weighted by atomic mass is 15.7. The number of aromatic nitrogens is 5. The number of nitrogens with one attached hydrogen (secondary N) is 1. The van der Waals surface area contributed by atoms with Crippen molar-refractivity contribution in [2.75, 3.05) is 5.43 Å². The second-order valence-corrected chi connectivity index (χ2v) is 3.57. The lowest BCUT2D eigenvalue weighted by Gasteiger charge is -2.02. The van der Waals surface area contributed by atoms with E-state index < -0.39 is 0 Å². The maximum Gasteiger partial charge on any atom is 0.181 e. The van der Waals surface area contributed by atoms with Crippen molar-refractivity contribution in [3.05, 3.63) is 55.0 Å². The second kappa shape index (κ2) is 4.62. The van der Waals surface area contributed by atoms with Gasteiger partial charge < -0.3 is 0 Å². The molecule has 0 aliphatic carbocycles. The largest absolute Gasteiger partial charge is 0.261 e. The van der Waals surface area contributed by atoms with Gasteiger partial charge in [-0.15, -0.1) is 10.2 Å². The van der Waals surface area contributed by atoms with Gasteiger partial charge in [0.05, 0.1) is 11.9 Å². The molecule has 0 amide bonds. The first kappa shape index (κ1) is 10.4. The van der Waals surface area contributed by atoms with E-state index >= 15 is 0 Å². The summed E-state index contributed by atoms with van der Waals surface area (Å²) in [6.45, 7) is 0. The Hall–Kier alpha value is -2.76. The van der Waals surface area contributed by atoms with Crippen LogP contribution in [0.4, 0.5) is 5.69 Å². The van der Waals surface area contributed by atoms with Crippen molar-refractivity contribution in [2.24, 2.45) is 0 Å². The first-order chi connectivity index (χ1) is 8.92. The molecule has 88 valence electrons. The van der Waals surface area contributed by atoms with Crippen molar-refractivity contribution < 1.29 is 0 Å². The molecule has 0 atom stereocenters. The van der Waals surface area contributed by atoms with E-state index in [0.717, 1.165) is 5.69 Å². The van der Waals surface area contributed by atoms with Crippen LogP contribution in [0.25, 0.3) is 11.5 Å². The molecule has 0 fully saturated rings. The van der Waals surface area contributed by atoms with E-state index in [1.165, 1.54) is 4.91 Å². The first-order valence-electron chi connectivity index (χ1n) is 5.44. The average molecular weight is 238 g/mol. The lowest BCUT2D eigenvalue weighted by Crippen LogP contribution is -2.12. The highest BCUT2D eigenvalue weighted by Crippen LogP contribution is 2.09. The third kappa shape index (κ3) is 2.17. The predicted octanol–water partition coefficient (Wildman–Crippen LogP) is 1.61. The molecule has 1 N–H and O–H groups in total. The zero-order chi connectivity index (χ0) is 12.2. The minimum atomic E-state index is 0.554. The van der Waals surface area contributed by atoms with Gasteiger partial charge in [0, 0.05) is 12.4 Å². The second-order valence-electron chi connectivity index (χ2n) is 3.57. The maximum absolute atomic E-state index is 4.25. The molecule has 3 aromatic rings. The van der Waals surface area contributed by atoms with Crippen molar-refractivity contribution in [3.8, 4) is 11.5 Å². The van der Waals surface area contributed by atoms with Gasteiger partial charge in [0.25, 0.3) is 0 Å². The normalized spacial score (nSPS) is 10.2. The summed E-state index contributed by atoms with van der Waals surface area (Å²) in [7, 11) is 0. The molecule has 0 aliphatic rings. The molecule has 0 aliphatic heterocycles. The number of anilines is 1. The number of benzene rings is 1. The van der Waals surface area contributed by atoms with E-state index in [4.69, 9.17) is 0 Å². The van der Waals surface area contributed by atoms with Gasteiger partial charge in [0.15, 0.2) is 11.5 Å². The Bertz CT molecular complexity index is 619. The Balaban J connectivity index is 1.82. The molecule has 0 radical (unpaired) electrons. The van der Waals surface area contributed by atoms with Gasteiger partial charge in [-0.3, -0.25) is 5.43 Å². The lowest BCUT2D eigenvalue weighted by molar-refractivity contribution is 0.687. The van der Waals surface area contributed by atoms with E-state index in [-0.39, 0.29) is 0 Å². The Kier molecular flexibility index (Phi) is 2.67. The Morgan fingerprint density at radius 3 is 2.50 bits per heavy atom. The van der Waals surface area contributed by atoms with Gasteiger partial charge in [0.2, 0.25) is 0 Å². The van der Waals surface area contributed by atoms with Crippen LogP contribution in [0.5, 0.6) is 0 Å². The topological polar surface area (TPSA) is 68.5 Å². The van der Waals surface area contributed by atoms with E-state index in [1.807, 2.05) is 30.3 Å². The Morgan fingerprint density at radius 1 is 0.944 bits per heavy atom. The summed E-state index contributed by atoms with van der Waals surface area (Å²) in [5, 5.41) is 8.35. The fourth-order valence-corrected chi connectivity index (χ4v) is 1.48. The molecule has 0 saturated heterocycles. The standard InChI is InChI=1S/C12H10N6/c1-2-5-10(6-3-1)16-18-15-9-11(17-18)12-13-7-4-8-14-12/h1-9,16H. The van der Waals surface area contributed by atoms with Gasteiger partial charge in [-0.05, 0) is 18.2 Å². The highest BCUT2D eigenvalue weighted by molar-refractivity contribution is 5.46. The third-order valence-electron chi connectivity index (χ3n) is 2.29. The Labute approximate surface area is 103 Å². The molecule has 3 rings (SSSR count). The molecular weight excluding hydrogens is 228 g/mol. The number of rotatable bonds is 3. The van der Waals surface area contributed by atoms with E-state index in [1.54, 1.807) is 24.7 Å². The zero-order valence-corrected chi connectivity index (χ0v) is 9.43. The molecule has 2 aromatic heterocycles. The number of nitrogens with zero attached hydrogens (tertiary/aromatic N) is 5. The molecule has 2 heterocycles. The van der Waals surface area contributed by atoms with Gasteiger partial charge in [-0.25, -0.2) is 9.97 Å². The smallest absolute Gasteiger partial charge is 0.181 e. The maximum atomic E-state index is 4.25. The molecule has 0 saturated carbocycles. The van der Waals surface area contributed by atoms with E-state index in [2.05, 4.69) is 25.6 Å². The first-order valence-corrected chi connectivity index (χ1v) is 5.44. The Morgan fingerprint density at radius 2 is 1.72 bits per heavy atom. The fraction of sp³-hybridized carbons (Fsp3) is 0. The van der Waals surface area contributed by atoms with Crippen LogP contribution < -0.4 is 5.43 Å². The van der Waals surface area contributed by atoms with Gasteiger partial charge >= 0.3 is 0 Å². The van der Waals surface area contributed by atoms with Crippen LogP contribution in [0.1, 0.15) is 0 Å². The zero-order valence-electron chi connectivity index (χ0n) is 9.43. The number of hydrogen-bond donors (Lipinski definition) is 1. The van der Waals surface area contributed by atoms with Crippen LogP contribution in [-0.2, 0) is 0 Å². The molecule has 0 unspecified atom stereocenters. The molecular formula is C12H10N6. The van der Waals surface area contributed by atoms with Crippen molar-refractivity contribution >= 4 is 5.69 Å². The molecule has 6 heteroatoms. The minimum Gasteiger partial charge on any atom is -0.261 e. The summed E-state index contributed by atoms with van der Waals surface area (Å²) in [4.78, 5) is 9.62. The quantitative estimate of drug-likeness (QED) is 0.750. The number of para-hydroxylation sites is 1. The van der Waals surface area contributed by atoms with E-state index in [0.29, 0.717) is 11.5 Å². The van der Waals surface area contributed by atoms with E-state index in [9.17, 15) is 0 Å². The molecule has 18 heavy (non-hydrogen) atoms. The van der Waals surface area contributed by atoms with Crippen molar-refractivity contribution in [1.29, 1.82) is 0 Å². The fourth-order valence-electron chi connectivity index (χ4n) is 1.48. The predicted molar refractivity (Wildman–Crippen MR) is 66.5 cm³/mol. The summed E-state index contributed by atoms with van der Waals surface area (Å²) in [5.74, 6) is 0.554.